The first kappa shape index (κ1) is 28.5. The molecule has 0 amide bonds. The molecule has 1 radical (unpaired) electrons. The van der Waals surface area contributed by atoms with E-state index in [1.165, 1.54) is 46.3 Å². The van der Waals surface area contributed by atoms with Crippen LogP contribution < -0.4 is 9.47 Å². The molecule has 0 saturated heterocycles. The fraction of sp³-hybridized carbons (Fsp3) is 0.214. The number of pyridine rings is 2. The Bertz CT molecular complexity index is 1900. The molecule has 3 aliphatic rings. The van der Waals surface area contributed by atoms with Crippen LogP contribution >= 0.6 is 0 Å². The van der Waals surface area contributed by atoms with Gasteiger partial charge in [0.05, 0.1) is 19.9 Å². The summed E-state index contributed by atoms with van der Waals surface area (Å²) in [6.07, 6.45) is 13.0. The van der Waals surface area contributed by atoms with Gasteiger partial charge in [-0.2, -0.15) is 0 Å². The standard InChI is InChI=1S/C42H37N2O2/c1-45-35-20-12-30(13-21-35)37-26-38(39-7-3-4-25-44-39)40(31-14-22-36(46-2)23-15-31)42(34-18-19-34,41(37)32-6-5-24-43-27-32)33-16-10-29(11-17-33)28-8-9-28/h3-7,10-17,20-28,34H,8-9,18-19H2,1-2H3. The van der Waals surface area contributed by atoms with Gasteiger partial charge < -0.3 is 9.47 Å². The Hall–Kier alpha value is -4.96. The van der Waals surface area contributed by atoms with Gasteiger partial charge in [-0.25, -0.2) is 0 Å². The van der Waals surface area contributed by atoms with Gasteiger partial charge in [0, 0.05) is 30.4 Å². The average molecular weight is 602 g/mol. The monoisotopic (exact) mass is 601 g/mol. The number of rotatable bonds is 9. The maximum Gasteiger partial charge on any atom is 0.118 e. The summed E-state index contributed by atoms with van der Waals surface area (Å²) in [6, 6.07) is 37.2. The van der Waals surface area contributed by atoms with E-state index in [2.05, 4.69) is 108 Å². The topological polar surface area (TPSA) is 44.2 Å². The fourth-order valence-electron chi connectivity index (χ4n) is 7.48. The minimum absolute atomic E-state index is 0.396. The molecular formula is C42H37N2O2. The summed E-state index contributed by atoms with van der Waals surface area (Å²) in [7, 11) is 3.44. The molecule has 1 atom stereocenters. The molecule has 8 rings (SSSR count). The van der Waals surface area contributed by atoms with Crippen LogP contribution in [0.5, 0.6) is 11.5 Å². The molecule has 3 aliphatic carbocycles. The Morgan fingerprint density at radius 3 is 1.85 bits per heavy atom. The minimum Gasteiger partial charge on any atom is -0.497 e. The van der Waals surface area contributed by atoms with Crippen LogP contribution in [0.15, 0.2) is 122 Å². The van der Waals surface area contributed by atoms with Gasteiger partial charge in [-0.1, -0.05) is 60.7 Å². The predicted octanol–water partition coefficient (Wildman–Crippen LogP) is 9.46. The summed E-state index contributed by atoms with van der Waals surface area (Å²) in [4.78, 5) is 9.67. The number of benzene rings is 3. The van der Waals surface area contributed by atoms with Crippen LogP contribution in [0.1, 0.15) is 65.1 Å². The van der Waals surface area contributed by atoms with Gasteiger partial charge in [-0.15, -0.1) is 0 Å². The van der Waals surface area contributed by atoms with E-state index in [4.69, 9.17) is 14.5 Å². The Morgan fingerprint density at radius 2 is 1.28 bits per heavy atom. The highest BCUT2D eigenvalue weighted by molar-refractivity contribution is 6.19. The van der Waals surface area contributed by atoms with E-state index >= 15 is 0 Å². The van der Waals surface area contributed by atoms with Crippen molar-refractivity contribution >= 4 is 22.3 Å². The second-order valence-corrected chi connectivity index (χ2v) is 12.6. The number of methoxy groups -OCH3 is 2. The van der Waals surface area contributed by atoms with Crippen molar-refractivity contribution < 1.29 is 9.47 Å². The Kier molecular flexibility index (Phi) is 7.29. The van der Waals surface area contributed by atoms with Crippen molar-refractivity contribution in [1.82, 2.24) is 9.97 Å². The average Bonchev–Trinajstić information content (AvgIpc) is 4.06. The van der Waals surface area contributed by atoms with Crippen molar-refractivity contribution in [3.63, 3.8) is 0 Å². The van der Waals surface area contributed by atoms with Crippen molar-refractivity contribution in [2.24, 2.45) is 5.92 Å². The first-order chi connectivity index (χ1) is 22.7. The summed E-state index contributed by atoms with van der Waals surface area (Å²) >= 11 is 0. The largest absolute Gasteiger partial charge is 0.497 e. The molecule has 5 aromatic rings. The lowest BCUT2D eigenvalue weighted by molar-refractivity contribution is 0.414. The lowest BCUT2D eigenvalue weighted by atomic mass is 9.56. The summed E-state index contributed by atoms with van der Waals surface area (Å²) < 4.78 is 11.2. The van der Waals surface area contributed by atoms with E-state index in [0.29, 0.717) is 11.8 Å². The molecule has 227 valence electrons. The van der Waals surface area contributed by atoms with Gasteiger partial charge in [0.15, 0.2) is 0 Å². The van der Waals surface area contributed by atoms with Crippen LogP contribution in [0, 0.1) is 12.3 Å². The lowest BCUT2D eigenvalue weighted by Crippen LogP contribution is -2.36. The summed E-state index contributed by atoms with van der Waals surface area (Å²) in [5, 5.41) is 0. The molecule has 1 unspecified atom stereocenters. The molecule has 2 heterocycles. The second kappa shape index (κ2) is 11.8. The lowest BCUT2D eigenvalue weighted by Gasteiger charge is -2.46. The van der Waals surface area contributed by atoms with Crippen LogP contribution in [0.3, 0.4) is 0 Å². The SMILES string of the molecule is COc1ccc(C2=C(c3cccnc3)C(c3ccc(C4CC4)cc3)(C3CC3)C(c3ccc(OC)cc3)=C(c3ccccn3)[CH]2)cc1. The normalized spacial score (nSPS) is 19.7. The number of ether oxygens (including phenoxy) is 2. The van der Waals surface area contributed by atoms with Crippen molar-refractivity contribution in [3.8, 4) is 11.5 Å². The third-order valence-electron chi connectivity index (χ3n) is 9.89. The van der Waals surface area contributed by atoms with Crippen LogP contribution in [0.2, 0.25) is 0 Å². The first-order valence-corrected chi connectivity index (χ1v) is 16.3. The molecule has 46 heavy (non-hydrogen) atoms. The highest BCUT2D eigenvalue weighted by atomic mass is 16.5. The van der Waals surface area contributed by atoms with E-state index < -0.39 is 5.41 Å². The maximum absolute atomic E-state index is 5.63. The third-order valence-corrected chi connectivity index (χ3v) is 9.89. The molecule has 2 saturated carbocycles. The molecule has 4 nitrogen and oxygen atoms in total. The van der Waals surface area contributed by atoms with Gasteiger partial charge in [-0.05, 0) is 130 Å². The molecule has 4 heteroatoms. The Labute approximate surface area is 271 Å². The minimum atomic E-state index is -0.462. The van der Waals surface area contributed by atoms with E-state index in [-0.39, 0.29) is 0 Å². The van der Waals surface area contributed by atoms with Crippen LogP contribution in [0.4, 0.5) is 0 Å². The van der Waals surface area contributed by atoms with Crippen LogP contribution in [-0.2, 0) is 5.41 Å². The molecule has 3 aromatic carbocycles. The van der Waals surface area contributed by atoms with E-state index in [1.54, 1.807) is 14.2 Å². The number of aromatic nitrogens is 2. The number of allylic oxidation sites excluding steroid dienone is 4. The molecule has 0 spiro atoms. The van der Waals surface area contributed by atoms with E-state index in [9.17, 15) is 0 Å². The molecular weight excluding hydrogens is 564 g/mol. The van der Waals surface area contributed by atoms with E-state index in [0.717, 1.165) is 46.7 Å². The van der Waals surface area contributed by atoms with Crippen molar-refractivity contribution in [1.29, 1.82) is 0 Å². The molecule has 0 bridgehead atoms. The highest BCUT2D eigenvalue weighted by Crippen LogP contribution is 2.66. The summed E-state index contributed by atoms with van der Waals surface area (Å²) in [6.45, 7) is 0. The van der Waals surface area contributed by atoms with Gasteiger partial charge in [0.25, 0.3) is 0 Å². The van der Waals surface area contributed by atoms with Gasteiger partial charge in [0.1, 0.15) is 11.5 Å². The van der Waals surface area contributed by atoms with Crippen LogP contribution in [0.25, 0.3) is 22.3 Å². The van der Waals surface area contributed by atoms with Crippen molar-refractivity contribution in [2.45, 2.75) is 37.0 Å². The predicted molar refractivity (Wildman–Crippen MR) is 185 cm³/mol. The summed E-state index contributed by atoms with van der Waals surface area (Å²) in [5.74, 6) is 2.77. The van der Waals surface area contributed by atoms with Gasteiger partial charge >= 0.3 is 0 Å². The second-order valence-electron chi connectivity index (χ2n) is 12.6. The van der Waals surface area contributed by atoms with E-state index in [1.807, 2.05) is 24.7 Å². The Balaban J connectivity index is 1.50. The fourth-order valence-corrected chi connectivity index (χ4v) is 7.48. The highest BCUT2D eigenvalue weighted by Gasteiger charge is 2.55. The Morgan fingerprint density at radius 1 is 0.609 bits per heavy atom. The van der Waals surface area contributed by atoms with Crippen molar-refractivity contribution in [3.05, 3.63) is 162 Å². The zero-order valence-corrected chi connectivity index (χ0v) is 26.3. The number of hydrogen-bond donors (Lipinski definition) is 0. The zero-order valence-electron chi connectivity index (χ0n) is 26.3. The molecule has 2 fully saturated rings. The zero-order chi connectivity index (χ0) is 31.1. The maximum atomic E-state index is 5.63. The first-order valence-electron chi connectivity index (χ1n) is 16.3. The van der Waals surface area contributed by atoms with Crippen LogP contribution in [-0.4, -0.2) is 24.2 Å². The molecule has 0 N–H and O–H groups in total. The van der Waals surface area contributed by atoms with Crippen molar-refractivity contribution in [2.75, 3.05) is 14.2 Å². The number of hydrogen-bond acceptors (Lipinski definition) is 4. The van der Waals surface area contributed by atoms with Gasteiger partial charge in [0.2, 0.25) is 0 Å². The number of nitrogens with zero attached hydrogens (tertiary/aromatic N) is 2. The smallest absolute Gasteiger partial charge is 0.118 e. The third kappa shape index (κ3) is 4.93. The quantitative estimate of drug-likeness (QED) is 0.169. The summed E-state index contributed by atoms with van der Waals surface area (Å²) in [5.41, 5.74) is 11.6. The molecule has 0 aliphatic heterocycles. The molecule has 2 aromatic heterocycles. The van der Waals surface area contributed by atoms with Gasteiger partial charge in [-0.3, -0.25) is 9.97 Å².